The second kappa shape index (κ2) is 5.03. The molecule has 1 fully saturated rings. The van der Waals surface area contributed by atoms with Crippen molar-refractivity contribution >= 4 is 17.3 Å². The van der Waals surface area contributed by atoms with Crippen LogP contribution in [0.3, 0.4) is 0 Å². The van der Waals surface area contributed by atoms with E-state index in [0.29, 0.717) is 12.1 Å². The van der Waals surface area contributed by atoms with Crippen LogP contribution in [0.15, 0.2) is 24.3 Å². The van der Waals surface area contributed by atoms with Crippen LogP contribution in [-0.4, -0.2) is 28.4 Å². The van der Waals surface area contributed by atoms with Gasteiger partial charge in [0.2, 0.25) is 5.91 Å². The van der Waals surface area contributed by atoms with Gasteiger partial charge in [-0.15, -0.1) is 0 Å². The van der Waals surface area contributed by atoms with Gasteiger partial charge in [0.05, 0.1) is 11.1 Å². The van der Waals surface area contributed by atoms with Gasteiger partial charge in [0, 0.05) is 30.8 Å². The van der Waals surface area contributed by atoms with Crippen LogP contribution in [-0.2, 0) is 4.79 Å². The molecule has 0 bridgehead atoms. The highest BCUT2D eigenvalue weighted by Crippen LogP contribution is 2.20. The molecule has 2 rings (SSSR count). The minimum atomic E-state index is -0.434. The topological polar surface area (TPSA) is 75.5 Å². The highest BCUT2D eigenvalue weighted by molar-refractivity contribution is 5.78. The van der Waals surface area contributed by atoms with Gasteiger partial charge in [-0.1, -0.05) is 6.07 Å². The number of carbonyl (C=O) groups is 1. The van der Waals surface area contributed by atoms with E-state index in [9.17, 15) is 14.9 Å². The third kappa shape index (κ3) is 2.58. The molecule has 1 N–H and O–H groups in total. The van der Waals surface area contributed by atoms with Gasteiger partial charge in [-0.05, 0) is 19.4 Å². The number of nitro groups is 1. The van der Waals surface area contributed by atoms with Crippen molar-refractivity contribution in [3.8, 4) is 0 Å². The normalized spacial score (nSPS) is 16.7. The predicted octanol–water partition coefficient (Wildman–Crippen LogP) is 1.98. The van der Waals surface area contributed by atoms with Gasteiger partial charge in [-0.2, -0.15) is 0 Å². The molecule has 1 aromatic rings. The zero-order chi connectivity index (χ0) is 13.1. The van der Waals surface area contributed by atoms with Crippen LogP contribution < -0.4 is 5.32 Å². The molecular weight excluding hydrogens is 234 g/mol. The highest BCUT2D eigenvalue weighted by atomic mass is 16.6. The predicted molar refractivity (Wildman–Crippen MR) is 67.1 cm³/mol. The van der Waals surface area contributed by atoms with E-state index in [1.54, 1.807) is 17.0 Å². The summed E-state index contributed by atoms with van der Waals surface area (Å²) in [6, 6.07) is 6.29. The quantitative estimate of drug-likeness (QED) is 0.654. The molecule has 0 aromatic heterocycles. The summed E-state index contributed by atoms with van der Waals surface area (Å²) in [5, 5.41) is 13.8. The van der Waals surface area contributed by atoms with Gasteiger partial charge in [0.25, 0.3) is 5.69 Å². The maximum absolute atomic E-state index is 11.6. The summed E-state index contributed by atoms with van der Waals surface area (Å²) in [7, 11) is 0. The lowest BCUT2D eigenvalue weighted by Crippen LogP contribution is -2.39. The van der Waals surface area contributed by atoms with Crippen molar-refractivity contribution < 1.29 is 9.72 Å². The number of hydrogen-bond acceptors (Lipinski definition) is 4. The number of likely N-dealkylation sites (tertiary alicyclic amines) is 1. The number of amides is 1. The number of carbonyl (C=O) groups excluding carboxylic acids is 1. The first kappa shape index (κ1) is 12.3. The average Bonchev–Trinajstić information content (AvgIpc) is 2.76. The van der Waals surface area contributed by atoms with Gasteiger partial charge in [-0.3, -0.25) is 14.9 Å². The maximum atomic E-state index is 11.6. The standard InChI is InChI=1S/C12H15N3O3/c1-9(14-7-3-6-12(14)16)13-10-4-2-5-11(8-10)15(17)18/h2,4-5,8-9,13H,3,6-7H2,1H3/t9-/m0/s1. The van der Waals surface area contributed by atoms with Crippen LogP contribution in [0.5, 0.6) is 0 Å². The molecule has 0 spiro atoms. The number of anilines is 1. The molecule has 1 amide bonds. The molecule has 1 aliphatic heterocycles. The second-order valence-electron chi connectivity index (χ2n) is 4.32. The van der Waals surface area contributed by atoms with Crippen molar-refractivity contribution in [3.63, 3.8) is 0 Å². The lowest BCUT2D eigenvalue weighted by atomic mass is 10.2. The van der Waals surface area contributed by atoms with E-state index in [4.69, 9.17) is 0 Å². The van der Waals surface area contributed by atoms with Crippen molar-refractivity contribution in [2.75, 3.05) is 11.9 Å². The molecule has 96 valence electrons. The van der Waals surface area contributed by atoms with E-state index < -0.39 is 4.92 Å². The monoisotopic (exact) mass is 249 g/mol. The van der Waals surface area contributed by atoms with Gasteiger partial charge in [0.1, 0.15) is 0 Å². The highest BCUT2D eigenvalue weighted by Gasteiger charge is 2.24. The number of hydrogen-bond donors (Lipinski definition) is 1. The summed E-state index contributed by atoms with van der Waals surface area (Å²) in [6.07, 6.45) is 1.31. The molecule has 1 saturated heterocycles. The van der Waals surface area contributed by atoms with Crippen LogP contribution in [0.1, 0.15) is 19.8 Å². The van der Waals surface area contributed by atoms with Crippen LogP contribution in [0.2, 0.25) is 0 Å². The van der Waals surface area contributed by atoms with E-state index in [-0.39, 0.29) is 17.8 Å². The Hall–Kier alpha value is -2.11. The summed E-state index contributed by atoms with van der Waals surface area (Å²) in [4.78, 5) is 23.5. The van der Waals surface area contributed by atoms with Crippen molar-refractivity contribution in [3.05, 3.63) is 34.4 Å². The second-order valence-corrected chi connectivity index (χ2v) is 4.32. The Morgan fingerprint density at radius 3 is 2.89 bits per heavy atom. The summed E-state index contributed by atoms with van der Waals surface area (Å²) < 4.78 is 0. The zero-order valence-corrected chi connectivity index (χ0v) is 10.1. The van der Waals surface area contributed by atoms with Gasteiger partial charge < -0.3 is 10.2 Å². The zero-order valence-electron chi connectivity index (χ0n) is 10.1. The number of nitrogens with zero attached hydrogens (tertiary/aromatic N) is 2. The lowest BCUT2D eigenvalue weighted by molar-refractivity contribution is -0.384. The summed E-state index contributed by atoms with van der Waals surface area (Å²) in [5.74, 6) is 0.125. The summed E-state index contributed by atoms with van der Waals surface area (Å²) in [6.45, 7) is 2.62. The average molecular weight is 249 g/mol. The lowest BCUT2D eigenvalue weighted by Gasteiger charge is -2.25. The van der Waals surface area contributed by atoms with Crippen LogP contribution >= 0.6 is 0 Å². The Labute approximate surface area is 105 Å². The van der Waals surface area contributed by atoms with Crippen molar-refractivity contribution in [1.82, 2.24) is 4.90 Å². The molecule has 1 aromatic carbocycles. The van der Waals surface area contributed by atoms with Crippen LogP contribution in [0, 0.1) is 10.1 Å². The van der Waals surface area contributed by atoms with E-state index >= 15 is 0 Å². The summed E-state index contributed by atoms with van der Waals surface area (Å²) >= 11 is 0. The third-order valence-corrected chi connectivity index (χ3v) is 3.01. The molecule has 6 nitrogen and oxygen atoms in total. The number of benzene rings is 1. The fraction of sp³-hybridized carbons (Fsp3) is 0.417. The van der Waals surface area contributed by atoms with Crippen LogP contribution in [0.25, 0.3) is 0 Å². The molecule has 0 radical (unpaired) electrons. The molecule has 1 heterocycles. The minimum Gasteiger partial charge on any atom is -0.365 e. The number of rotatable bonds is 4. The molecule has 1 aliphatic rings. The molecule has 6 heteroatoms. The Morgan fingerprint density at radius 2 is 2.28 bits per heavy atom. The minimum absolute atomic E-state index is 0.0416. The first-order valence-corrected chi connectivity index (χ1v) is 5.88. The molecular formula is C12H15N3O3. The third-order valence-electron chi connectivity index (χ3n) is 3.01. The fourth-order valence-corrected chi connectivity index (χ4v) is 2.11. The SMILES string of the molecule is C[C@@H](Nc1cccc([N+](=O)[O-])c1)N1CCCC1=O. The Bertz CT molecular complexity index is 475. The van der Waals surface area contributed by atoms with Crippen molar-refractivity contribution in [2.24, 2.45) is 0 Å². The summed E-state index contributed by atoms with van der Waals surface area (Å²) in [5.41, 5.74) is 0.691. The fourth-order valence-electron chi connectivity index (χ4n) is 2.11. The van der Waals surface area contributed by atoms with Crippen molar-refractivity contribution in [2.45, 2.75) is 25.9 Å². The van der Waals surface area contributed by atoms with Gasteiger partial charge >= 0.3 is 0 Å². The van der Waals surface area contributed by atoms with Gasteiger partial charge in [-0.25, -0.2) is 0 Å². The molecule has 18 heavy (non-hydrogen) atoms. The Kier molecular flexibility index (Phi) is 3.45. The number of nitro benzene ring substituents is 1. The molecule has 0 aliphatic carbocycles. The number of non-ortho nitro benzene ring substituents is 1. The van der Waals surface area contributed by atoms with E-state index in [1.165, 1.54) is 12.1 Å². The van der Waals surface area contributed by atoms with E-state index in [1.807, 2.05) is 6.92 Å². The molecule has 1 atom stereocenters. The smallest absolute Gasteiger partial charge is 0.271 e. The first-order chi connectivity index (χ1) is 8.58. The molecule has 0 unspecified atom stereocenters. The molecule has 0 saturated carbocycles. The Balaban J connectivity index is 2.06. The largest absolute Gasteiger partial charge is 0.365 e. The van der Waals surface area contributed by atoms with E-state index in [2.05, 4.69) is 5.32 Å². The maximum Gasteiger partial charge on any atom is 0.271 e. The number of nitrogens with one attached hydrogen (secondary N) is 1. The van der Waals surface area contributed by atoms with Crippen molar-refractivity contribution in [1.29, 1.82) is 0 Å². The van der Waals surface area contributed by atoms with Crippen LogP contribution in [0.4, 0.5) is 11.4 Å². The van der Waals surface area contributed by atoms with E-state index in [0.717, 1.165) is 13.0 Å². The van der Waals surface area contributed by atoms with Gasteiger partial charge in [0.15, 0.2) is 0 Å². The Morgan fingerprint density at radius 1 is 1.50 bits per heavy atom. The first-order valence-electron chi connectivity index (χ1n) is 5.88.